The maximum atomic E-state index is 4.72. The van der Waals surface area contributed by atoms with Gasteiger partial charge in [0.1, 0.15) is 22.6 Å². The quantitative estimate of drug-likeness (QED) is 0.522. The first kappa shape index (κ1) is 12.9. The van der Waals surface area contributed by atoms with Gasteiger partial charge in [0.05, 0.1) is 23.1 Å². The molecule has 7 nitrogen and oxygen atoms in total. The average Bonchev–Trinajstić information content (AvgIpc) is 3.25. The highest BCUT2D eigenvalue weighted by Gasteiger charge is 2.14. The van der Waals surface area contributed by atoms with Crippen LogP contribution in [0, 0.1) is 0 Å². The minimum Gasteiger partial charge on any atom is -0.338 e. The van der Waals surface area contributed by atoms with E-state index in [0.29, 0.717) is 0 Å². The maximum Gasteiger partial charge on any atom is 0.137 e. The van der Waals surface area contributed by atoms with Crippen molar-refractivity contribution < 1.29 is 0 Å². The number of pyridine rings is 2. The molecule has 5 heterocycles. The standard InChI is InChI=1S/C17H11N7/c1-2-10-8-13(22-17(10)20-5-1)16-15-12(23-24-16)4-3-11(21-15)14-9-18-6-7-19-14/h1-9H,(H,20,22)(H,23,24). The Labute approximate surface area is 135 Å². The van der Waals surface area contributed by atoms with Crippen LogP contribution in [0.2, 0.25) is 0 Å². The molecule has 0 fully saturated rings. The van der Waals surface area contributed by atoms with Gasteiger partial charge in [-0.05, 0) is 30.3 Å². The van der Waals surface area contributed by atoms with Gasteiger partial charge in [0.2, 0.25) is 0 Å². The van der Waals surface area contributed by atoms with Gasteiger partial charge < -0.3 is 4.98 Å². The molecule has 114 valence electrons. The molecule has 0 aliphatic heterocycles. The van der Waals surface area contributed by atoms with Gasteiger partial charge in [0.15, 0.2) is 0 Å². The summed E-state index contributed by atoms with van der Waals surface area (Å²) in [6, 6.07) is 9.79. The zero-order chi connectivity index (χ0) is 15.9. The summed E-state index contributed by atoms with van der Waals surface area (Å²) in [6.07, 6.45) is 6.75. The third-order valence-corrected chi connectivity index (χ3v) is 3.88. The van der Waals surface area contributed by atoms with Gasteiger partial charge in [-0.2, -0.15) is 5.10 Å². The van der Waals surface area contributed by atoms with Crippen LogP contribution in [-0.2, 0) is 0 Å². The van der Waals surface area contributed by atoms with Gasteiger partial charge in [-0.1, -0.05) is 0 Å². The molecule has 2 N–H and O–H groups in total. The smallest absolute Gasteiger partial charge is 0.137 e. The number of rotatable bonds is 2. The number of aromatic amines is 2. The van der Waals surface area contributed by atoms with Crippen LogP contribution in [0.1, 0.15) is 0 Å². The summed E-state index contributed by atoms with van der Waals surface area (Å²) in [4.78, 5) is 20.7. The van der Waals surface area contributed by atoms with E-state index >= 15 is 0 Å². The van der Waals surface area contributed by atoms with E-state index in [1.807, 2.05) is 30.3 Å². The van der Waals surface area contributed by atoms with Crippen LogP contribution >= 0.6 is 0 Å². The number of fused-ring (bicyclic) bond motifs is 2. The number of hydrogen-bond donors (Lipinski definition) is 2. The summed E-state index contributed by atoms with van der Waals surface area (Å²) in [5, 5.41) is 8.47. The zero-order valence-corrected chi connectivity index (χ0v) is 12.4. The van der Waals surface area contributed by atoms with Crippen molar-refractivity contribution in [3.8, 4) is 22.8 Å². The van der Waals surface area contributed by atoms with E-state index in [1.165, 1.54) is 0 Å². The highest BCUT2D eigenvalue weighted by Crippen LogP contribution is 2.28. The SMILES string of the molecule is c1cnc2[nH]c(-c3n[nH]c4ccc(-c5cnccn5)nc34)cc2c1. The van der Waals surface area contributed by atoms with Crippen molar-refractivity contribution >= 4 is 22.1 Å². The third kappa shape index (κ3) is 1.95. The van der Waals surface area contributed by atoms with Crippen LogP contribution in [0.15, 0.2) is 55.1 Å². The predicted octanol–water partition coefficient (Wildman–Crippen LogP) is 2.96. The van der Waals surface area contributed by atoms with Crippen molar-refractivity contribution in [2.24, 2.45) is 0 Å². The van der Waals surface area contributed by atoms with Crippen molar-refractivity contribution in [1.29, 1.82) is 0 Å². The van der Waals surface area contributed by atoms with Crippen molar-refractivity contribution in [3.63, 3.8) is 0 Å². The molecule has 7 heteroatoms. The summed E-state index contributed by atoms with van der Waals surface area (Å²) in [5.41, 5.74) is 5.59. The number of H-pyrrole nitrogens is 2. The molecular formula is C17H11N7. The van der Waals surface area contributed by atoms with Crippen molar-refractivity contribution in [2.45, 2.75) is 0 Å². The zero-order valence-electron chi connectivity index (χ0n) is 12.4. The fourth-order valence-electron chi connectivity index (χ4n) is 2.75. The third-order valence-electron chi connectivity index (χ3n) is 3.88. The highest BCUT2D eigenvalue weighted by molar-refractivity contribution is 5.93. The topological polar surface area (TPSA) is 96.0 Å². The van der Waals surface area contributed by atoms with Gasteiger partial charge >= 0.3 is 0 Å². The number of nitrogens with one attached hydrogen (secondary N) is 2. The summed E-state index contributed by atoms with van der Waals surface area (Å²) in [7, 11) is 0. The fourth-order valence-corrected chi connectivity index (χ4v) is 2.75. The Morgan fingerprint density at radius 3 is 2.79 bits per heavy atom. The maximum absolute atomic E-state index is 4.72. The largest absolute Gasteiger partial charge is 0.338 e. The van der Waals surface area contributed by atoms with Crippen LogP contribution in [0.5, 0.6) is 0 Å². The van der Waals surface area contributed by atoms with Crippen LogP contribution in [0.3, 0.4) is 0 Å². The molecule has 0 radical (unpaired) electrons. The number of nitrogens with zero attached hydrogens (tertiary/aromatic N) is 5. The summed E-state index contributed by atoms with van der Waals surface area (Å²) >= 11 is 0. The minimum absolute atomic E-state index is 0.727. The molecule has 0 amide bonds. The first-order valence-electron chi connectivity index (χ1n) is 7.44. The van der Waals surface area contributed by atoms with Crippen LogP contribution in [0.25, 0.3) is 44.8 Å². The molecule has 5 rings (SSSR count). The molecule has 0 bridgehead atoms. The lowest BCUT2D eigenvalue weighted by Crippen LogP contribution is -1.89. The second-order valence-corrected chi connectivity index (χ2v) is 5.38. The lowest BCUT2D eigenvalue weighted by atomic mass is 10.2. The number of aromatic nitrogens is 7. The summed E-state index contributed by atoms with van der Waals surface area (Å²) in [5.74, 6) is 0. The second kappa shape index (κ2) is 4.95. The van der Waals surface area contributed by atoms with Crippen LogP contribution in [-0.4, -0.2) is 35.1 Å². The van der Waals surface area contributed by atoms with Crippen LogP contribution < -0.4 is 0 Å². The van der Waals surface area contributed by atoms with Crippen molar-refractivity contribution in [2.75, 3.05) is 0 Å². The van der Waals surface area contributed by atoms with Gasteiger partial charge in [-0.3, -0.25) is 15.1 Å². The molecule has 24 heavy (non-hydrogen) atoms. The van der Waals surface area contributed by atoms with Gasteiger partial charge in [-0.15, -0.1) is 0 Å². The van der Waals surface area contributed by atoms with E-state index in [9.17, 15) is 0 Å². The molecule has 0 saturated carbocycles. The van der Waals surface area contributed by atoms with E-state index in [-0.39, 0.29) is 0 Å². The fraction of sp³-hybridized carbons (Fsp3) is 0. The molecule has 0 aromatic carbocycles. The monoisotopic (exact) mass is 313 g/mol. The Bertz CT molecular complexity index is 1120. The Balaban J connectivity index is 1.71. The highest BCUT2D eigenvalue weighted by atomic mass is 15.1. The molecule has 0 saturated heterocycles. The van der Waals surface area contributed by atoms with E-state index in [1.54, 1.807) is 24.8 Å². The Morgan fingerprint density at radius 1 is 0.917 bits per heavy atom. The minimum atomic E-state index is 0.727. The Hall–Kier alpha value is -3.61. The van der Waals surface area contributed by atoms with E-state index < -0.39 is 0 Å². The lowest BCUT2D eigenvalue weighted by Gasteiger charge is -1.99. The first-order valence-corrected chi connectivity index (χ1v) is 7.44. The van der Waals surface area contributed by atoms with Crippen molar-refractivity contribution in [3.05, 3.63) is 55.1 Å². The van der Waals surface area contributed by atoms with E-state index in [4.69, 9.17) is 4.98 Å². The predicted molar refractivity (Wildman–Crippen MR) is 90.0 cm³/mol. The van der Waals surface area contributed by atoms with Gasteiger partial charge in [-0.25, -0.2) is 9.97 Å². The molecule has 0 atom stereocenters. The molecule has 0 unspecified atom stereocenters. The van der Waals surface area contributed by atoms with Gasteiger partial charge in [0, 0.05) is 24.0 Å². The molecular weight excluding hydrogens is 302 g/mol. The van der Waals surface area contributed by atoms with E-state index in [2.05, 4.69) is 30.1 Å². The Morgan fingerprint density at radius 2 is 1.92 bits per heavy atom. The van der Waals surface area contributed by atoms with Crippen molar-refractivity contribution in [1.82, 2.24) is 35.1 Å². The lowest BCUT2D eigenvalue weighted by molar-refractivity contribution is 1.12. The van der Waals surface area contributed by atoms with E-state index in [0.717, 1.165) is 44.8 Å². The number of hydrogen-bond acceptors (Lipinski definition) is 5. The summed E-state index contributed by atoms with van der Waals surface area (Å²) in [6.45, 7) is 0. The molecule has 5 aromatic rings. The molecule has 0 aliphatic rings. The van der Waals surface area contributed by atoms with Gasteiger partial charge in [0.25, 0.3) is 0 Å². The van der Waals surface area contributed by atoms with Crippen LogP contribution in [0.4, 0.5) is 0 Å². The second-order valence-electron chi connectivity index (χ2n) is 5.38. The average molecular weight is 313 g/mol. The Kier molecular flexibility index (Phi) is 2.66. The molecule has 0 spiro atoms. The molecule has 5 aromatic heterocycles. The first-order chi connectivity index (χ1) is 11.9. The normalized spacial score (nSPS) is 11.3. The molecule has 0 aliphatic carbocycles. The summed E-state index contributed by atoms with van der Waals surface area (Å²) < 4.78 is 0.